The summed E-state index contributed by atoms with van der Waals surface area (Å²) in [5.74, 6) is -0.401. The summed E-state index contributed by atoms with van der Waals surface area (Å²) >= 11 is 1.21. The molecule has 5 heteroatoms. The number of hydrogen-bond donors (Lipinski definition) is 0. The summed E-state index contributed by atoms with van der Waals surface area (Å²) in [6.45, 7) is 2.57. The van der Waals surface area contributed by atoms with Gasteiger partial charge in [-0.3, -0.25) is 0 Å². The quantitative estimate of drug-likeness (QED) is 0.572. The van der Waals surface area contributed by atoms with Gasteiger partial charge >= 0.3 is 0 Å². The number of ether oxygens (including phenoxy) is 1. The molecule has 2 rings (SSSR count). The van der Waals surface area contributed by atoms with Gasteiger partial charge < -0.3 is 4.74 Å². The van der Waals surface area contributed by atoms with Gasteiger partial charge in [-0.25, -0.2) is 4.39 Å². The molecule has 2 aromatic carbocycles. The van der Waals surface area contributed by atoms with E-state index in [0.717, 1.165) is 30.6 Å². The SMILES string of the molecule is CCCCCCOc1cc(Sc2ccccc2)c(F)c(C#N)c1C#N. The number of rotatable bonds is 8. The maximum Gasteiger partial charge on any atom is 0.156 e. The fraction of sp³-hybridized carbons (Fsp3) is 0.300. The second-order valence-electron chi connectivity index (χ2n) is 5.48. The first-order valence-electron chi connectivity index (χ1n) is 8.23. The van der Waals surface area contributed by atoms with E-state index in [2.05, 4.69) is 6.92 Å². The zero-order valence-corrected chi connectivity index (χ0v) is 14.9. The van der Waals surface area contributed by atoms with Gasteiger partial charge in [-0.05, 0) is 24.6 Å². The van der Waals surface area contributed by atoms with Crippen molar-refractivity contribution in [2.45, 2.75) is 42.4 Å². The number of hydrogen-bond acceptors (Lipinski definition) is 4. The van der Waals surface area contributed by atoms with Crippen LogP contribution in [-0.4, -0.2) is 6.61 Å². The molecule has 128 valence electrons. The third-order valence-corrected chi connectivity index (χ3v) is 4.67. The average molecular weight is 354 g/mol. The Morgan fingerprint density at radius 3 is 2.40 bits per heavy atom. The molecule has 0 unspecified atom stereocenters. The minimum absolute atomic E-state index is 0.0343. The zero-order valence-electron chi connectivity index (χ0n) is 14.1. The Bertz CT molecular complexity index is 794. The van der Waals surface area contributed by atoms with Crippen molar-refractivity contribution < 1.29 is 9.13 Å². The molecule has 25 heavy (non-hydrogen) atoms. The van der Waals surface area contributed by atoms with Crippen LogP contribution in [0.25, 0.3) is 0 Å². The van der Waals surface area contributed by atoms with E-state index >= 15 is 0 Å². The predicted octanol–water partition coefficient (Wildman–Crippen LogP) is 5.68. The van der Waals surface area contributed by atoms with Gasteiger partial charge in [0.15, 0.2) is 5.82 Å². The molecule has 0 atom stereocenters. The number of unbranched alkanes of at least 4 members (excludes halogenated alkanes) is 3. The van der Waals surface area contributed by atoms with Crippen molar-refractivity contribution in [2.24, 2.45) is 0 Å². The number of benzene rings is 2. The Kier molecular flexibility index (Phi) is 7.32. The highest BCUT2D eigenvalue weighted by atomic mass is 32.2. The first-order chi connectivity index (χ1) is 12.2. The Balaban J connectivity index is 2.29. The van der Waals surface area contributed by atoms with E-state index in [1.165, 1.54) is 17.8 Å². The highest BCUT2D eigenvalue weighted by molar-refractivity contribution is 7.99. The largest absolute Gasteiger partial charge is 0.492 e. The number of nitriles is 2. The van der Waals surface area contributed by atoms with Crippen molar-refractivity contribution >= 4 is 11.8 Å². The topological polar surface area (TPSA) is 56.8 Å². The molecule has 0 aliphatic carbocycles. The zero-order chi connectivity index (χ0) is 18.1. The van der Waals surface area contributed by atoms with Crippen LogP contribution in [0.1, 0.15) is 43.7 Å². The molecule has 0 bridgehead atoms. The standard InChI is InChI=1S/C20H19FN2OS/c1-2-3-4-8-11-24-18-12-19(25-15-9-6-5-7-10-15)20(21)17(14-23)16(18)13-22/h5-7,9-10,12H,2-4,8,11H2,1H3. The van der Waals surface area contributed by atoms with Gasteiger partial charge in [0.1, 0.15) is 29.0 Å². The molecule has 0 heterocycles. The highest BCUT2D eigenvalue weighted by Crippen LogP contribution is 2.36. The van der Waals surface area contributed by atoms with Gasteiger partial charge in [0.05, 0.1) is 11.5 Å². The van der Waals surface area contributed by atoms with Crippen LogP contribution in [-0.2, 0) is 0 Å². The van der Waals surface area contributed by atoms with E-state index in [1.54, 1.807) is 6.07 Å². The molecule has 0 aliphatic heterocycles. The molecule has 0 fully saturated rings. The summed E-state index contributed by atoms with van der Waals surface area (Å²) in [5, 5.41) is 18.6. The average Bonchev–Trinajstić information content (AvgIpc) is 2.64. The van der Waals surface area contributed by atoms with Crippen LogP contribution in [0.15, 0.2) is 46.2 Å². The lowest BCUT2D eigenvalue weighted by Gasteiger charge is -2.12. The maximum absolute atomic E-state index is 14.6. The first kappa shape index (κ1) is 18.8. The second kappa shape index (κ2) is 9.71. The van der Waals surface area contributed by atoms with Gasteiger partial charge in [-0.1, -0.05) is 56.1 Å². The van der Waals surface area contributed by atoms with Crippen LogP contribution in [0.4, 0.5) is 4.39 Å². The summed E-state index contributed by atoms with van der Waals surface area (Å²) < 4.78 is 20.3. The van der Waals surface area contributed by atoms with E-state index in [1.807, 2.05) is 36.4 Å². The normalized spacial score (nSPS) is 10.1. The van der Waals surface area contributed by atoms with Gasteiger partial charge in [0, 0.05) is 4.90 Å². The number of nitrogens with zero attached hydrogens (tertiary/aromatic N) is 2. The van der Waals surface area contributed by atoms with E-state index in [9.17, 15) is 14.9 Å². The highest BCUT2D eigenvalue weighted by Gasteiger charge is 2.20. The van der Waals surface area contributed by atoms with Gasteiger partial charge in [0.25, 0.3) is 0 Å². The van der Waals surface area contributed by atoms with Gasteiger partial charge in [-0.2, -0.15) is 10.5 Å². The van der Waals surface area contributed by atoms with E-state index in [-0.39, 0.29) is 21.8 Å². The molecule has 0 N–H and O–H groups in total. The lowest BCUT2D eigenvalue weighted by molar-refractivity contribution is 0.302. The van der Waals surface area contributed by atoms with Crippen LogP contribution < -0.4 is 4.74 Å². The lowest BCUT2D eigenvalue weighted by atomic mass is 10.1. The summed E-state index contributed by atoms with van der Waals surface area (Å²) in [6.07, 6.45) is 4.14. The molecule has 0 saturated carbocycles. The van der Waals surface area contributed by atoms with Crippen LogP contribution in [0.2, 0.25) is 0 Å². The molecular weight excluding hydrogens is 335 g/mol. The van der Waals surface area contributed by atoms with E-state index in [0.29, 0.717) is 6.61 Å². The van der Waals surface area contributed by atoms with Crippen molar-refractivity contribution in [1.29, 1.82) is 10.5 Å². The first-order valence-corrected chi connectivity index (χ1v) is 9.05. The molecule has 0 spiro atoms. The summed E-state index contributed by atoms with van der Waals surface area (Å²) in [7, 11) is 0. The molecule has 0 aliphatic rings. The van der Waals surface area contributed by atoms with Crippen LogP contribution >= 0.6 is 11.8 Å². The molecule has 0 radical (unpaired) electrons. The minimum Gasteiger partial charge on any atom is -0.492 e. The monoisotopic (exact) mass is 354 g/mol. The molecule has 0 saturated heterocycles. The Morgan fingerprint density at radius 1 is 1.04 bits per heavy atom. The molecule has 0 amide bonds. The van der Waals surface area contributed by atoms with Crippen molar-refractivity contribution in [1.82, 2.24) is 0 Å². The Morgan fingerprint density at radius 2 is 1.76 bits per heavy atom. The van der Waals surface area contributed by atoms with Gasteiger partial charge in [-0.15, -0.1) is 0 Å². The fourth-order valence-corrected chi connectivity index (χ4v) is 3.25. The Hall–Kier alpha value is -2.50. The third kappa shape index (κ3) is 4.98. The summed E-state index contributed by atoms with van der Waals surface area (Å²) in [6, 6.07) is 14.5. The minimum atomic E-state index is -0.675. The molecule has 0 aromatic heterocycles. The third-order valence-electron chi connectivity index (χ3n) is 3.64. The smallest absolute Gasteiger partial charge is 0.156 e. The van der Waals surface area contributed by atoms with Crippen molar-refractivity contribution in [3.63, 3.8) is 0 Å². The van der Waals surface area contributed by atoms with Crippen LogP contribution in [0.3, 0.4) is 0 Å². The van der Waals surface area contributed by atoms with E-state index < -0.39 is 5.82 Å². The number of halogens is 1. The van der Waals surface area contributed by atoms with Crippen molar-refractivity contribution in [3.8, 4) is 17.9 Å². The fourth-order valence-electron chi connectivity index (χ4n) is 2.34. The molecule has 2 aromatic rings. The van der Waals surface area contributed by atoms with Crippen molar-refractivity contribution in [3.05, 3.63) is 53.3 Å². The molecule has 3 nitrogen and oxygen atoms in total. The van der Waals surface area contributed by atoms with Crippen molar-refractivity contribution in [2.75, 3.05) is 6.61 Å². The lowest BCUT2D eigenvalue weighted by Crippen LogP contribution is -2.03. The molecular formula is C20H19FN2OS. The second-order valence-corrected chi connectivity index (χ2v) is 6.60. The maximum atomic E-state index is 14.6. The predicted molar refractivity (Wildman–Crippen MR) is 96.0 cm³/mol. The summed E-state index contributed by atoms with van der Waals surface area (Å²) in [5.41, 5.74) is -0.292. The summed E-state index contributed by atoms with van der Waals surface area (Å²) in [4.78, 5) is 1.13. The van der Waals surface area contributed by atoms with Crippen LogP contribution in [0, 0.1) is 28.5 Å². The van der Waals surface area contributed by atoms with E-state index in [4.69, 9.17) is 4.74 Å². The van der Waals surface area contributed by atoms with Gasteiger partial charge in [0.2, 0.25) is 0 Å². The van der Waals surface area contributed by atoms with Crippen LogP contribution in [0.5, 0.6) is 5.75 Å². The Labute approximate surface area is 152 Å².